The summed E-state index contributed by atoms with van der Waals surface area (Å²) in [5, 5.41) is 24.2. The molecular formula is C15H11N7O2S2. The number of amides is 1. The molecule has 0 aliphatic heterocycles. The lowest BCUT2D eigenvalue weighted by molar-refractivity contribution is -0.113. The number of carbonyl (C=O) groups excluding carboxylic acids is 1. The molecule has 1 amide bonds. The number of hydrogen-bond donors (Lipinski definition) is 2. The number of thioether (sulfide) groups is 1. The number of fused-ring (bicyclic) bond motifs is 1. The molecule has 0 unspecified atom stereocenters. The molecule has 26 heavy (non-hydrogen) atoms. The second-order valence-electron chi connectivity index (χ2n) is 5.16. The number of aromatic nitrogens is 6. The van der Waals surface area contributed by atoms with Crippen LogP contribution in [0.5, 0.6) is 5.75 Å². The number of nitrogens with zero attached hydrogens (tertiary/aromatic N) is 6. The predicted molar refractivity (Wildman–Crippen MR) is 97.6 cm³/mol. The van der Waals surface area contributed by atoms with Gasteiger partial charge in [0.25, 0.3) is 0 Å². The fourth-order valence-corrected chi connectivity index (χ4v) is 3.49. The Labute approximate surface area is 155 Å². The molecule has 2 aromatic heterocycles. The Bertz CT molecular complexity index is 1060. The Hall–Kier alpha value is -3.05. The Morgan fingerprint density at radius 3 is 2.88 bits per heavy atom. The van der Waals surface area contributed by atoms with Gasteiger partial charge < -0.3 is 10.4 Å². The maximum atomic E-state index is 12.3. The van der Waals surface area contributed by atoms with Crippen LogP contribution >= 0.6 is 23.5 Å². The summed E-state index contributed by atoms with van der Waals surface area (Å²) in [4.78, 5) is 12.3. The van der Waals surface area contributed by atoms with E-state index in [0.717, 1.165) is 17.2 Å². The van der Waals surface area contributed by atoms with Crippen LogP contribution in [0.2, 0.25) is 0 Å². The second kappa shape index (κ2) is 7.06. The van der Waals surface area contributed by atoms with Gasteiger partial charge in [0.05, 0.1) is 28.9 Å². The number of carbonyl (C=O) groups is 1. The normalized spacial score (nSPS) is 10.9. The number of nitrogens with one attached hydrogen (secondary N) is 1. The van der Waals surface area contributed by atoms with Gasteiger partial charge in [-0.05, 0) is 46.8 Å². The number of anilines is 1. The predicted octanol–water partition coefficient (Wildman–Crippen LogP) is 2.10. The van der Waals surface area contributed by atoms with Crippen molar-refractivity contribution in [2.45, 2.75) is 5.16 Å². The Morgan fingerprint density at radius 2 is 2.04 bits per heavy atom. The zero-order valence-corrected chi connectivity index (χ0v) is 14.7. The lowest BCUT2D eigenvalue weighted by Crippen LogP contribution is -2.15. The van der Waals surface area contributed by atoms with Gasteiger partial charge in [0.1, 0.15) is 16.8 Å². The largest absolute Gasteiger partial charge is 0.508 e. The van der Waals surface area contributed by atoms with E-state index in [1.165, 1.54) is 16.4 Å². The molecule has 0 bridgehead atoms. The third kappa shape index (κ3) is 3.34. The summed E-state index contributed by atoms with van der Waals surface area (Å²) < 4.78 is 9.85. The van der Waals surface area contributed by atoms with Gasteiger partial charge in [-0.1, -0.05) is 17.8 Å². The molecule has 0 aliphatic rings. The first-order valence-corrected chi connectivity index (χ1v) is 9.14. The van der Waals surface area contributed by atoms with Gasteiger partial charge >= 0.3 is 0 Å². The molecule has 4 aromatic rings. The first kappa shape index (κ1) is 16.4. The highest BCUT2D eigenvalue weighted by atomic mass is 32.2. The van der Waals surface area contributed by atoms with E-state index in [9.17, 15) is 9.90 Å². The van der Waals surface area contributed by atoms with Crippen LogP contribution in [0.15, 0.2) is 47.6 Å². The van der Waals surface area contributed by atoms with Crippen molar-refractivity contribution in [3.8, 4) is 11.4 Å². The molecule has 0 fully saturated rings. The van der Waals surface area contributed by atoms with E-state index in [1.807, 2.05) is 12.1 Å². The maximum absolute atomic E-state index is 12.3. The number of phenols is 1. The van der Waals surface area contributed by atoms with Crippen LogP contribution in [-0.2, 0) is 4.79 Å². The van der Waals surface area contributed by atoms with Crippen LogP contribution in [-0.4, -0.2) is 45.7 Å². The molecule has 0 aliphatic carbocycles. The van der Waals surface area contributed by atoms with Crippen LogP contribution in [0.25, 0.3) is 16.7 Å². The van der Waals surface area contributed by atoms with E-state index < -0.39 is 0 Å². The topological polar surface area (TPSA) is 119 Å². The molecule has 130 valence electrons. The van der Waals surface area contributed by atoms with Crippen molar-refractivity contribution in [3.05, 3.63) is 42.5 Å². The average molecular weight is 385 g/mol. The molecule has 2 heterocycles. The molecule has 11 heteroatoms. The van der Waals surface area contributed by atoms with Crippen molar-refractivity contribution in [2.75, 3.05) is 11.1 Å². The molecule has 0 radical (unpaired) electrons. The molecule has 0 saturated carbocycles. The van der Waals surface area contributed by atoms with E-state index in [2.05, 4.69) is 29.6 Å². The molecule has 2 aromatic carbocycles. The molecule has 4 rings (SSSR count). The van der Waals surface area contributed by atoms with E-state index in [1.54, 1.807) is 30.3 Å². The molecule has 2 N–H and O–H groups in total. The molecule has 9 nitrogen and oxygen atoms in total. The lowest BCUT2D eigenvalue weighted by atomic mass is 10.2. The number of benzene rings is 2. The summed E-state index contributed by atoms with van der Waals surface area (Å²) in [5.74, 6) is 0.0868. The smallest absolute Gasteiger partial charge is 0.234 e. The highest BCUT2D eigenvalue weighted by Crippen LogP contribution is 2.23. The minimum absolute atomic E-state index is 0.131. The summed E-state index contributed by atoms with van der Waals surface area (Å²) >= 11 is 2.31. The summed E-state index contributed by atoms with van der Waals surface area (Å²) in [6, 6.07) is 11.9. The second-order valence-corrected chi connectivity index (χ2v) is 6.63. The van der Waals surface area contributed by atoms with Crippen molar-refractivity contribution < 1.29 is 9.90 Å². The first-order chi connectivity index (χ1) is 12.7. The van der Waals surface area contributed by atoms with Gasteiger partial charge in [0.2, 0.25) is 11.1 Å². The average Bonchev–Trinajstić information content (AvgIpc) is 3.30. The fraction of sp³-hybridized carbons (Fsp3) is 0.0667. The van der Waals surface area contributed by atoms with Crippen LogP contribution in [0.1, 0.15) is 0 Å². The highest BCUT2D eigenvalue weighted by Gasteiger charge is 2.13. The standard InChI is InChI=1S/C15H11N7O2S2/c23-10-6-4-9(5-7-10)22-15(17-20-21-22)25-8-13(24)16-11-2-1-3-12-14(11)19-26-18-12/h1-7,23H,8H2,(H,16,24). The van der Waals surface area contributed by atoms with Gasteiger partial charge in [-0.15, -0.1) is 5.10 Å². The fourth-order valence-electron chi connectivity index (χ4n) is 2.25. The van der Waals surface area contributed by atoms with Gasteiger partial charge in [0.15, 0.2) is 0 Å². The third-order valence-corrected chi connectivity index (χ3v) is 4.89. The van der Waals surface area contributed by atoms with Crippen LogP contribution < -0.4 is 5.32 Å². The molecule has 0 saturated heterocycles. The van der Waals surface area contributed by atoms with Gasteiger partial charge in [-0.3, -0.25) is 4.79 Å². The third-order valence-electron chi connectivity index (χ3n) is 3.43. The Kier molecular flexibility index (Phi) is 4.46. The Balaban J connectivity index is 1.45. The number of aromatic hydroxyl groups is 1. The minimum atomic E-state index is -0.198. The van der Waals surface area contributed by atoms with E-state index in [4.69, 9.17) is 0 Å². The van der Waals surface area contributed by atoms with Crippen LogP contribution in [0.4, 0.5) is 5.69 Å². The number of rotatable bonds is 5. The van der Waals surface area contributed by atoms with Crippen LogP contribution in [0, 0.1) is 0 Å². The van der Waals surface area contributed by atoms with Crippen LogP contribution in [0.3, 0.4) is 0 Å². The van der Waals surface area contributed by atoms with E-state index >= 15 is 0 Å². The highest BCUT2D eigenvalue weighted by molar-refractivity contribution is 7.99. The Morgan fingerprint density at radius 1 is 1.19 bits per heavy atom. The van der Waals surface area contributed by atoms with Crippen molar-refractivity contribution in [1.82, 2.24) is 29.0 Å². The van der Waals surface area contributed by atoms with E-state index in [-0.39, 0.29) is 17.4 Å². The molecule has 0 spiro atoms. The zero-order chi connectivity index (χ0) is 17.9. The summed E-state index contributed by atoms with van der Waals surface area (Å²) in [6.07, 6.45) is 0. The summed E-state index contributed by atoms with van der Waals surface area (Å²) in [7, 11) is 0. The van der Waals surface area contributed by atoms with Gasteiger partial charge in [-0.25, -0.2) is 0 Å². The van der Waals surface area contributed by atoms with Crippen molar-refractivity contribution in [2.24, 2.45) is 0 Å². The number of phenolic OH excluding ortho intramolecular Hbond substituents is 1. The van der Waals surface area contributed by atoms with Crippen molar-refractivity contribution in [1.29, 1.82) is 0 Å². The van der Waals surface area contributed by atoms with Gasteiger partial charge in [-0.2, -0.15) is 13.4 Å². The number of tetrazole rings is 1. The molecular weight excluding hydrogens is 374 g/mol. The minimum Gasteiger partial charge on any atom is -0.508 e. The number of hydrogen-bond acceptors (Lipinski definition) is 9. The first-order valence-electron chi connectivity index (χ1n) is 7.42. The summed E-state index contributed by atoms with van der Waals surface area (Å²) in [6.45, 7) is 0. The summed E-state index contributed by atoms with van der Waals surface area (Å²) in [5.41, 5.74) is 2.73. The monoisotopic (exact) mass is 385 g/mol. The van der Waals surface area contributed by atoms with E-state index in [0.29, 0.717) is 22.0 Å². The quantitative estimate of drug-likeness (QED) is 0.501. The SMILES string of the molecule is O=C(CSc1nnnn1-c1ccc(O)cc1)Nc1cccc2nsnc12. The zero-order valence-electron chi connectivity index (χ0n) is 13.1. The van der Waals surface area contributed by atoms with Crippen molar-refractivity contribution >= 4 is 46.1 Å². The van der Waals surface area contributed by atoms with Crippen molar-refractivity contribution in [3.63, 3.8) is 0 Å². The molecule has 0 atom stereocenters. The maximum Gasteiger partial charge on any atom is 0.234 e. The van der Waals surface area contributed by atoms with Gasteiger partial charge in [0, 0.05) is 0 Å². The lowest BCUT2D eigenvalue weighted by Gasteiger charge is -2.06.